The first kappa shape index (κ1) is 15.6. The van der Waals surface area contributed by atoms with E-state index >= 15 is 0 Å². The second-order valence-corrected chi connectivity index (χ2v) is 0.447. The summed E-state index contributed by atoms with van der Waals surface area (Å²) in [5.74, 6) is 0. The van der Waals surface area contributed by atoms with Gasteiger partial charge in [0.2, 0.25) is 0 Å². The van der Waals surface area contributed by atoms with Crippen LogP contribution in [0.2, 0.25) is 0 Å². The molecule has 0 aliphatic rings. The van der Waals surface area contributed by atoms with Crippen molar-refractivity contribution in [3.05, 3.63) is 30.6 Å². The smallest absolute Gasteiger partial charge is 0.356 e. The average molecular weight is 133 g/mol. The topological polar surface area (TPSA) is 132 Å². The molecule has 0 aromatic rings. The van der Waals surface area contributed by atoms with E-state index in [0.29, 0.717) is 0 Å². The van der Waals surface area contributed by atoms with Crippen LogP contribution in [0.15, 0.2) is 0 Å². The summed E-state index contributed by atoms with van der Waals surface area (Å²) < 4.78 is 0. The van der Waals surface area contributed by atoms with E-state index in [-0.39, 0.29) is 10.1 Å². The van der Waals surface area contributed by atoms with Gasteiger partial charge in [-0.3, -0.25) is 0 Å². The molecule has 0 spiro atoms. The molecule has 9 heavy (non-hydrogen) atoms. The molecule has 0 aliphatic carbocycles. The molecule has 8 nitrogen and oxygen atoms in total. The van der Waals surface area contributed by atoms with Crippen LogP contribution in [-0.2, 0) is 0 Å². The maximum absolute atomic E-state index is 8.25. The van der Waals surface area contributed by atoms with E-state index in [9.17, 15) is 0 Å². The van der Waals surface area contributed by atoms with E-state index in [1.807, 2.05) is 0 Å². The summed E-state index contributed by atoms with van der Waals surface area (Å²) in [5, 5.41) is 29.5. The van der Waals surface area contributed by atoms with Gasteiger partial charge >= 0.3 is 10.1 Å². The van der Waals surface area contributed by atoms with Crippen molar-refractivity contribution in [3.63, 3.8) is 0 Å². The molecule has 0 atom stereocenters. The van der Waals surface area contributed by atoms with Gasteiger partial charge in [0.15, 0.2) is 0 Å². The number of hydrogen-bond acceptors (Lipinski definition) is 6. The van der Waals surface area contributed by atoms with Crippen molar-refractivity contribution >= 4 is 10.1 Å². The van der Waals surface area contributed by atoms with Crippen LogP contribution >= 0.6 is 0 Å². The molecule has 0 amide bonds. The van der Waals surface area contributed by atoms with Crippen molar-refractivity contribution in [2.45, 2.75) is 0 Å². The van der Waals surface area contributed by atoms with Crippen LogP contribution in [0.1, 0.15) is 0 Å². The van der Waals surface area contributed by atoms with Crippen molar-refractivity contribution in [2.75, 3.05) is 0 Å². The molecule has 0 bridgehead atoms. The van der Waals surface area contributed by atoms with Gasteiger partial charge in [0.1, 0.15) is 0 Å². The molecule has 0 saturated carbocycles. The molecule has 48 valence electrons. The molecule has 0 unspecified atom stereocenters. The zero-order valence-corrected chi connectivity index (χ0v) is 4.05. The predicted octanol–water partition coefficient (Wildman–Crippen LogP) is -0.859. The van der Waals surface area contributed by atoms with Gasteiger partial charge in [0, 0.05) is 0 Å². The number of rotatable bonds is 0. The van der Waals surface area contributed by atoms with E-state index in [1.165, 1.54) is 0 Å². The zero-order valence-electron chi connectivity index (χ0n) is 4.05. The fourth-order valence-electron chi connectivity index (χ4n) is 0. The summed E-state index contributed by atoms with van der Waals surface area (Å²) in [6.45, 7) is 0. The second kappa shape index (κ2) is 9.76. The summed E-state index contributed by atoms with van der Waals surface area (Å²) >= 11 is 0. The SMILES string of the molecule is O=[N+]([O-])[O-].O=[N+]([O-])[O-].[Be+2]. The van der Waals surface area contributed by atoms with Crippen LogP contribution in [0.25, 0.3) is 0 Å². The first-order valence-corrected chi connectivity index (χ1v) is 1.10. The van der Waals surface area contributed by atoms with E-state index in [4.69, 9.17) is 30.6 Å². The van der Waals surface area contributed by atoms with Crippen molar-refractivity contribution in [3.8, 4) is 0 Å². The summed E-state index contributed by atoms with van der Waals surface area (Å²) in [5.41, 5.74) is 0. The maximum atomic E-state index is 8.25. The van der Waals surface area contributed by atoms with Crippen LogP contribution < -0.4 is 0 Å². The Morgan fingerprint density at radius 3 is 0.778 bits per heavy atom. The Bertz CT molecular complexity index is 69.1. The van der Waals surface area contributed by atoms with Crippen molar-refractivity contribution in [1.82, 2.24) is 0 Å². The summed E-state index contributed by atoms with van der Waals surface area (Å²) in [6.07, 6.45) is 0. The fraction of sp³-hybridized carbons (Fsp3) is 0. The fourth-order valence-corrected chi connectivity index (χ4v) is 0. The largest absolute Gasteiger partial charge is 2.00 e. The Kier molecular flexibility index (Phi) is 17.0. The van der Waals surface area contributed by atoms with Gasteiger partial charge in [-0.2, -0.15) is 0 Å². The zero-order chi connectivity index (χ0) is 7.15. The van der Waals surface area contributed by atoms with Crippen molar-refractivity contribution in [1.29, 1.82) is 0 Å². The Morgan fingerprint density at radius 1 is 0.778 bits per heavy atom. The van der Waals surface area contributed by atoms with Crippen molar-refractivity contribution in [2.24, 2.45) is 0 Å². The summed E-state index contributed by atoms with van der Waals surface area (Å²) in [7, 11) is 0. The third-order valence-corrected chi connectivity index (χ3v) is 0. The molecule has 0 aliphatic heterocycles. The van der Waals surface area contributed by atoms with Crippen LogP contribution in [0.3, 0.4) is 0 Å². The number of nitrogens with zero attached hydrogens (tertiary/aromatic N) is 2. The number of hydrogen-bond donors (Lipinski definition) is 0. The molecule has 0 aromatic carbocycles. The molecule has 0 fully saturated rings. The van der Waals surface area contributed by atoms with E-state index in [2.05, 4.69) is 0 Å². The summed E-state index contributed by atoms with van der Waals surface area (Å²) in [4.78, 5) is 16.5. The van der Waals surface area contributed by atoms with Gasteiger partial charge in [-0.05, 0) is 0 Å². The molecule has 0 heterocycles. The Morgan fingerprint density at radius 2 is 0.778 bits per heavy atom. The molecule has 9 heteroatoms. The van der Waals surface area contributed by atoms with Crippen LogP contribution in [0, 0.1) is 30.6 Å². The summed E-state index contributed by atoms with van der Waals surface area (Å²) in [6, 6.07) is 0. The minimum atomic E-state index is -1.75. The molecule has 0 N–H and O–H groups in total. The van der Waals surface area contributed by atoms with E-state index < -0.39 is 10.2 Å². The van der Waals surface area contributed by atoms with Gasteiger partial charge < -0.3 is 30.6 Å². The van der Waals surface area contributed by atoms with E-state index in [1.54, 1.807) is 0 Å². The maximum Gasteiger partial charge on any atom is 2.00 e. The molecule has 0 saturated heterocycles. The molecular formula is BeN2O6. The van der Waals surface area contributed by atoms with Gasteiger partial charge in [-0.25, -0.2) is 0 Å². The first-order valence-electron chi connectivity index (χ1n) is 1.10. The van der Waals surface area contributed by atoms with E-state index in [0.717, 1.165) is 0 Å². The van der Waals surface area contributed by atoms with Crippen LogP contribution in [-0.4, -0.2) is 20.3 Å². The normalized spacial score (nSPS) is 5.33. The van der Waals surface area contributed by atoms with Gasteiger partial charge in [-0.1, -0.05) is 0 Å². The van der Waals surface area contributed by atoms with Gasteiger partial charge in [0.05, 0.1) is 10.2 Å². The monoisotopic (exact) mass is 133 g/mol. The predicted molar refractivity (Wildman–Crippen MR) is 26.5 cm³/mol. The van der Waals surface area contributed by atoms with Gasteiger partial charge in [0.25, 0.3) is 0 Å². The molecular weight excluding hydrogens is 133 g/mol. The first-order chi connectivity index (χ1) is 3.46. The van der Waals surface area contributed by atoms with Gasteiger partial charge in [-0.15, -0.1) is 0 Å². The standard InChI is InChI=1S/Be.2NO3/c;2*2-1(3)4/q+2;2*-1. The molecule has 0 radical (unpaired) electrons. The minimum Gasteiger partial charge on any atom is -0.356 e. The minimum absolute atomic E-state index is 0. The third kappa shape index (κ3) is 66.9. The molecule has 0 aromatic heterocycles. The Balaban J connectivity index is -0.0000000720. The van der Waals surface area contributed by atoms with Crippen LogP contribution in [0.4, 0.5) is 0 Å². The quantitative estimate of drug-likeness (QED) is 0.240. The average Bonchev–Trinajstić information content (AvgIpc) is 1.25. The van der Waals surface area contributed by atoms with Crippen molar-refractivity contribution < 1.29 is 10.2 Å². The third-order valence-electron chi connectivity index (χ3n) is 0. The second-order valence-electron chi connectivity index (χ2n) is 0.447. The Hall–Kier alpha value is -1.43. The Labute approximate surface area is 52.1 Å². The van der Waals surface area contributed by atoms with Crippen LogP contribution in [0.5, 0.6) is 0 Å². The molecule has 0 rings (SSSR count).